The van der Waals surface area contributed by atoms with E-state index in [0.717, 1.165) is 76.2 Å². The van der Waals surface area contributed by atoms with Crippen LogP contribution in [-0.2, 0) is 13.1 Å². The monoisotopic (exact) mass is 454 g/mol. The standard InChI is InChI=1S/C25H34N4O4/c30-25(26-8-11-27-9-2-1-3-10-27)23-7-5-21(33-23)18-29-14-12-28(13-15-29)17-20-4-6-22-24(16-20)32-19-31-22/h4-7,16H,1-3,8-15,17-19H2,(H,26,30). The summed E-state index contributed by atoms with van der Waals surface area (Å²) >= 11 is 0. The lowest BCUT2D eigenvalue weighted by atomic mass is 10.1. The van der Waals surface area contributed by atoms with E-state index in [-0.39, 0.29) is 5.91 Å². The highest BCUT2D eigenvalue weighted by atomic mass is 16.7. The maximum atomic E-state index is 12.4. The van der Waals surface area contributed by atoms with Gasteiger partial charge in [0.2, 0.25) is 6.79 Å². The molecule has 4 heterocycles. The van der Waals surface area contributed by atoms with E-state index >= 15 is 0 Å². The number of piperidine rings is 1. The number of furan rings is 1. The second kappa shape index (κ2) is 10.6. The second-order valence-corrected chi connectivity index (χ2v) is 9.16. The smallest absolute Gasteiger partial charge is 0.287 e. The molecule has 0 atom stereocenters. The quantitative estimate of drug-likeness (QED) is 0.657. The first-order valence-electron chi connectivity index (χ1n) is 12.2. The highest BCUT2D eigenvalue weighted by molar-refractivity contribution is 5.91. The summed E-state index contributed by atoms with van der Waals surface area (Å²) in [5, 5.41) is 3.00. The lowest BCUT2D eigenvalue weighted by Crippen LogP contribution is -2.45. The van der Waals surface area contributed by atoms with Gasteiger partial charge in [-0.15, -0.1) is 0 Å². The van der Waals surface area contributed by atoms with Crippen LogP contribution in [0.15, 0.2) is 34.7 Å². The Balaban J connectivity index is 1.03. The first-order valence-corrected chi connectivity index (χ1v) is 12.2. The first-order chi connectivity index (χ1) is 16.2. The second-order valence-electron chi connectivity index (χ2n) is 9.16. The minimum absolute atomic E-state index is 0.119. The van der Waals surface area contributed by atoms with Crippen molar-refractivity contribution in [2.45, 2.75) is 32.4 Å². The molecule has 2 saturated heterocycles. The number of hydrogen-bond donors (Lipinski definition) is 1. The third-order valence-electron chi connectivity index (χ3n) is 6.74. The van der Waals surface area contributed by atoms with Crippen LogP contribution >= 0.6 is 0 Å². The molecule has 8 heteroatoms. The zero-order valence-electron chi connectivity index (χ0n) is 19.3. The summed E-state index contributed by atoms with van der Waals surface area (Å²) in [6.07, 6.45) is 3.86. The SMILES string of the molecule is O=C(NCCN1CCCCC1)c1ccc(CN2CCN(Cc3ccc4c(c3)OCO4)CC2)o1. The van der Waals surface area contributed by atoms with Crippen LogP contribution in [0.5, 0.6) is 11.5 Å². The summed E-state index contributed by atoms with van der Waals surface area (Å²) in [6, 6.07) is 9.91. The zero-order chi connectivity index (χ0) is 22.5. The van der Waals surface area contributed by atoms with Crippen LogP contribution in [0.3, 0.4) is 0 Å². The number of ether oxygens (including phenoxy) is 2. The number of fused-ring (bicyclic) bond motifs is 1. The molecule has 0 unspecified atom stereocenters. The van der Waals surface area contributed by atoms with E-state index in [2.05, 4.69) is 32.1 Å². The van der Waals surface area contributed by atoms with Gasteiger partial charge in [-0.25, -0.2) is 0 Å². The van der Waals surface area contributed by atoms with Crippen molar-refractivity contribution in [2.24, 2.45) is 0 Å². The molecule has 1 aromatic carbocycles. The largest absolute Gasteiger partial charge is 0.455 e. The summed E-state index contributed by atoms with van der Waals surface area (Å²) in [6.45, 7) is 9.77. The van der Waals surface area contributed by atoms with E-state index in [1.54, 1.807) is 6.07 Å². The Kier molecular flexibility index (Phi) is 7.14. The van der Waals surface area contributed by atoms with Gasteiger partial charge in [-0.05, 0) is 55.8 Å². The number of amides is 1. The summed E-state index contributed by atoms with van der Waals surface area (Å²) in [5.41, 5.74) is 1.25. The van der Waals surface area contributed by atoms with Gasteiger partial charge in [0.15, 0.2) is 17.3 Å². The summed E-state index contributed by atoms with van der Waals surface area (Å²) in [7, 11) is 0. The summed E-state index contributed by atoms with van der Waals surface area (Å²) < 4.78 is 16.7. The molecule has 0 spiro atoms. The van der Waals surface area contributed by atoms with Gasteiger partial charge in [-0.2, -0.15) is 0 Å². The van der Waals surface area contributed by atoms with Crippen molar-refractivity contribution >= 4 is 5.91 Å². The van der Waals surface area contributed by atoms with Gasteiger partial charge < -0.3 is 24.1 Å². The molecule has 0 aliphatic carbocycles. The van der Waals surface area contributed by atoms with Gasteiger partial charge in [-0.3, -0.25) is 14.6 Å². The predicted molar refractivity (Wildman–Crippen MR) is 124 cm³/mol. The van der Waals surface area contributed by atoms with Crippen LogP contribution in [-0.4, -0.2) is 79.8 Å². The number of carbonyl (C=O) groups excluding carboxylic acids is 1. The molecule has 8 nitrogen and oxygen atoms in total. The minimum Gasteiger partial charge on any atom is -0.455 e. The molecule has 1 amide bonds. The molecule has 3 aliphatic heterocycles. The number of nitrogens with one attached hydrogen (secondary N) is 1. The van der Waals surface area contributed by atoms with Crippen molar-refractivity contribution in [2.75, 3.05) is 59.2 Å². The van der Waals surface area contributed by atoms with Crippen molar-refractivity contribution in [3.8, 4) is 11.5 Å². The van der Waals surface area contributed by atoms with Crippen LogP contribution in [0, 0.1) is 0 Å². The van der Waals surface area contributed by atoms with Crippen molar-refractivity contribution in [3.05, 3.63) is 47.4 Å². The van der Waals surface area contributed by atoms with Crippen molar-refractivity contribution in [1.82, 2.24) is 20.0 Å². The maximum absolute atomic E-state index is 12.4. The average Bonchev–Trinajstić information content (AvgIpc) is 3.50. The normalized spacial score (nSPS) is 19.6. The third kappa shape index (κ3) is 5.88. The van der Waals surface area contributed by atoms with Crippen LogP contribution < -0.4 is 14.8 Å². The molecular formula is C25H34N4O4. The fourth-order valence-electron chi connectivity index (χ4n) is 4.81. The van der Waals surface area contributed by atoms with E-state index in [0.29, 0.717) is 19.1 Å². The van der Waals surface area contributed by atoms with Gasteiger partial charge in [0, 0.05) is 45.8 Å². The first kappa shape index (κ1) is 22.3. The van der Waals surface area contributed by atoms with E-state index in [1.165, 1.54) is 24.8 Å². The predicted octanol–water partition coefficient (Wildman–Crippen LogP) is 2.54. The lowest BCUT2D eigenvalue weighted by Gasteiger charge is -2.34. The number of piperazine rings is 1. The molecule has 3 aliphatic rings. The highest BCUT2D eigenvalue weighted by Crippen LogP contribution is 2.32. The van der Waals surface area contributed by atoms with E-state index in [1.807, 2.05) is 12.1 Å². The van der Waals surface area contributed by atoms with E-state index < -0.39 is 0 Å². The Hall–Kier alpha value is -2.55. The molecule has 1 N–H and O–H groups in total. The van der Waals surface area contributed by atoms with Gasteiger partial charge in [0.1, 0.15) is 5.76 Å². The fraction of sp³-hybridized carbons (Fsp3) is 0.560. The number of nitrogens with zero attached hydrogens (tertiary/aromatic N) is 3. The average molecular weight is 455 g/mol. The van der Waals surface area contributed by atoms with Crippen LogP contribution in [0.4, 0.5) is 0 Å². The lowest BCUT2D eigenvalue weighted by molar-refractivity contribution is 0.0908. The van der Waals surface area contributed by atoms with Crippen LogP contribution in [0.25, 0.3) is 0 Å². The molecule has 5 rings (SSSR count). The van der Waals surface area contributed by atoms with Gasteiger partial charge >= 0.3 is 0 Å². The summed E-state index contributed by atoms with van der Waals surface area (Å²) in [5.74, 6) is 2.81. The molecule has 1 aromatic heterocycles. The molecule has 0 radical (unpaired) electrons. The van der Waals surface area contributed by atoms with Crippen LogP contribution in [0.1, 0.15) is 41.1 Å². The molecule has 0 bridgehead atoms. The minimum atomic E-state index is -0.119. The van der Waals surface area contributed by atoms with Gasteiger partial charge in [0.25, 0.3) is 5.91 Å². The summed E-state index contributed by atoms with van der Waals surface area (Å²) in [4.78, 5) is 19.7. The highest BCUT2D eigenvalue weighted by Gasteiger charge is 2.20. The fourth-order valence-corrected chi connectivity index (χ4v) is 4.81. The molecule has 33 heavy (non-hydrogen) atoms. The molecule has 178 valence electrons. The van der Waals surface area contributed by atoms with Crippen molar-refractivity contribution in [1.29, 1.82) is 0 Å². The zero-order valence-corrected chi connectivity index (χ0v) is 19.3. The molecule has 0 saturated carbocycles. The third-order valence-corrected chi connectivity index (χ3v) is 6.74. The number of rotatable bonds is 8. The van der Waals surface area contributed by atoms with Crippen LogP contribution in [0.2, 0.25) is 0 Å². The Morgan fingerprint density at radius 3 is 2.39 bits per heavy atom. The van der Waals surface area contributed by atoms with E-state index in [9.17, 15) is 4.79 Å². The van der Waals surface area contributed by atoms with Crippen molar-refractivity contribution < 1.29 is 18.7 Å². The van der Waals surface area contributed by atoms with E-state index in [4.69, 9.17) is 13.9 Å². The van der Waals surface area contributed by atoms with Gasteiger partial charge in [-0.1, -0.05) is 12.5 Å². The Labute approximate surface area is 195 Å². The Morgan fingerprint density at radius 1 is 0.818 bits per heavy atom. The van der Waals surface area contributed by atoms with Crippen molar-refractivity contribution in [3.63, 3.8) is 0 Å². The number of carbonyl (C=O) groups is 1. The number of hydrogen-bond acceptors (Lipinski definition) is 7. The number of benzene rings is 1. The topological polar surface area (TPSA) is 70.4 Å². The van der Waals surface area contributed by atoms with Gasteiger partial charge in [0.05, 0.1) is 6.54 Å². The number of likely N-dealkylation sites (tertiary alicyclic amines) is 1. The molecule has 2 fully saturated rings. The maximum Gasteiger partial charge on any atom is 0.287 e. The molecule has 2 aromatic rings. The Bertz CT molecular complexity index is 932. The Morgan fingerprint density at radius 2 is 1.58 bits per heavy atom. The molecular weight excluding hydrogens is 420 g/mol.